The van der Waals surface area contributed by atoms with Crippen LogP contribution in [0.15, 0.2) is 54.6 Å². The van der Waals surface area contributed by atoms with Gasteiger partial charge in [0.1, 0.15) is 11.5 Å². The smallest absolute Gasteiger partial charge is 0.387 e. The van der Waals surface area contributed by atoms with Crippen molar-refractivity contribution in [2.75, 3.05) is 11.5 Å². The molecule has 0 aliphatic carbocycles. The van der Waals surface area contributed by atoms with E-state index in [1.807, 2.05) is 30.3 Å². The Bertz CT molecular complexity index is 889. The first-order valence-corrected chi connectivity index (χ1v) is 11.2. The summed E-state index contributed by atoms with van der Waals surface area (Å²) in [6, 6.07) is 15.0. The van der Waals surface area contributed by atoms with Crippen LogP contribution in [0.2, 0.25) is 0 Å². The minimum atomic E-state index is -3.58. The Morgan fingerprint density at radius 1 is 1.07 bits per heavy atom. The maximum Gasteiger partial charge on any atom is 0.387 e. The average molecular weight is 425 g/mol. The molecule has 1 atom stereocenters. The van der Waals surface area contributed by atoms with E-state index < -0.39 is 34.2 Å². The van der Waals surface area contributed by atoms with Gasteiger partial charge in [0.15, 0.2) is 9.84 Å². The molecule has 0 saturated carbocycles. The molecule has 0 bridgehead atoms. The second kappa shape index (κ2) is 10.9. The van der Waals surface area contributed by atoms with Crippen molar-refractivity contribution in [2.24, 2.45) is 0 Å². The number of ether oxygens (including phenoxy) is 1. The van der Waals surface area contributed by atoms with E-state index in [-0.39, 0.29) is 11.5 Å². The van der Waals surface area contributed by atoms with Gasteiger partial charge in [-0.15, -0.1) is 0 Å². The van der Waals surface area contributed by atoms with Crippen LogP contribution in [0.5, 0.6) is 5.75 Å². The minimum Gasteiger partial charge on any atom is -0.434 e. The van der Waals surface area contributed by atoms with Crippen LogP contribution < -0.4 is 10.1 Å². The maximum absolute atomic E-state index is 12.6. The standard InChI is InChI=1S/C21H25F2NO4S/c1-2-18(17-12-6-7-13-19(17)28-21(22)23)24-20(25)15-29(26,27)14-8-11-16-9-4-3-5-10-16/h3-7,9-10,12-13,18,21H,2,8,11,14-15H2,1H3,(H,24,25). The first-order valence-electron chi connectivity index (χ1n) is 9.38. The summed E-state index contributed by atoms with van der Waals surface area (Å²) in [7, 11) is -3.58. The van der Waals surface area contributed by atoms with E-state index in [0.717, 1.165) is 5.56 Å². The largest absolute Gasteiger partial charge is 0.434 e. The number of benzene rings is 2. The summed E-state index contributed by atoms with van der Waals surface area (Å²) in [6.45, 7) is -1.23. The van der Waals surface area contributed by atoms with Crippen LogP contribution in [0.25, 0.3) is 0 Å². The molecule has 2 aromatic carbocycles. The minimum absolute atomic E-state index is 0.0413. The fraction of sp³-hybridized carbons (Fsp3) is 0.381. The third-order valence-electron chi connectivity index (χ3n) is 4.37. The van der Waals surface area contributed by atoms with E-state index >= 15 is 0 Å². The van der Waals surface area contributed by atoms with Gasteiger partial charge >= 0.3 is 6.61 Å². The van der Waals surface area contributed by atoms with Gasteiger partial charge in [0.05, 0.1) is 11.8 Å². The van der Waals surface area contributed by atoms with Crippen LogP contribution >= 0.6 is 0 Å². The van der Waals surface area contributed by atoms with E-state index in [1.54, 1.807) is 25.1 Å². The van der Waals surface area contributed by atoms with Crippen LogP contribution in [0.1, 0.15) is 36.9 Å². The van der Waals surface area contributed by atoms with Crippen molar-refractivity contribution in [2.45, 2.75) is 38.8 Å². The van der Waals surface area contributed by atoms with Gasteiger partial charge in [-0.3, -0.25) is 4.79 Å². The van der Waals surface area contributed by atoms with Crippen molar-refractivity contribution in [3.05, 3.63) is 65.7 Å². The molecule has 0 heterocycles. The Kier molecular flexibility index (Phi) is 8.57. The summed E-state index contributed by atoms with van der Waals surface area (Å²) in [5, 5.41) is 2.62. The Balaban J connectivity index is 1.94. The molecule has 1 unspecified atom stereocenters. The van der Waals surface area contributed by atoms with Gasteiger partial charge in [0, 0.05) is 5.56 Å². The first kappa shape index (κ1) is 22.8. The predicted octanol–water partition coefficient (Wildman–Crippen LogP) is 3.90. The molecule has 0 saturated heterocycles. The van der Waals surface area contributed by atoms with Crippen molar-refractivity contribution >= 4 is 15.7 Å². The summed E-state index contributed by atoms with van der Waals surface area (Å²) >= 11 is 0. The number of halogens is 2. The second-order valence-electron chi connectivity index (χ2n) is 6.63. The number of hydrogen-bond donors (Lipinski definition) is 1. The Hall–Kier alpha value is -2.48. The highest BCUT2D eigenvalue weighted by molar-refractivity contribution is 7.92. The van der Waals surface area contributed by atoms with Gasteiger partial charge in [-0.1, -0.05) is 55.5 Å². The zero-order chi connectivity index (χ0) is 21.3. The molecule has 2 aromatic rings. The van der Waals surface area contributed by atoms with E-state index in [2.05, 4.69) is 10.1 Å². The fourth-order valence-corrected chi connectivity index (χ4v) is 4.23. The van der Waals surface area contributed by atoms with Crippen molar-refractivity contribution in [1.82, 2.24) is 5.32 Å². The lowest BCUT2D eigenvalue weighted by atomic mass is 10.0. The summed E-state index contributed by atoms with van der Waals surface area (Å²) in [5.41, 5.74) is 1.42. The molecule has 0 aliphatic heterocycles. The number of carbonyl (C=O) groups is 1. The molecule has 0 spiro atoms. The molecule has 29 heavy (non-hydrogen) atoms. The molecular formula is C21H25F2NO4S. The number of nitrogens with one attached hydrogen (secondary N) is 1. The summed E-state index contributed by atoms with van der Waals surface area (Å²) in [6.07, 6.45) is 1.42. The molecule has 1 N–H and O–H groups in total. The average Bonchev–Trinajstić information content (AvgIpc) is 2.66. The van der Waals surface area contributed by atoms with E-state index in [4.69, 9.17) is 0 Å². The third-order valence-corrected chi connectivity index (χ3v) is 5.98. The summed E-state index contributed by atoms with van der Waals surface area (Å²) in [4.78, 5) is 12.3. The zero-order valence-corrected chi connectivity index (χ0v) is 17.0. The number of amides is 1. The Morgan fingerprint density at radius 3 is 2.38 bits per heavy atom. The van der Waals surface area contributed by atoms with Crippen LogP contribution in [-0.4, -0.2) is 32.4 Å². The number of alkyl halides is 2. The second-order valence-corrected chi connectivity index (χ2v) is 8.81. The third kappa shape index (κ3) is 7.81. The first-order chi connectivity index (χ1) is 13.8. The van der Waals surface area contributed by atoms with E-state index in [1.165, 1.54) is 6.07 Å². The van der Waals surface area contributed by atoms with Crippen LogP contribution in [0.4, 0.5) is 8.78 Å². The van der Waals surface area contributed by atoms with Gasteiger partial charge in [0.25, 0.3) is 0 Å². The molecule has 0 aliphatic rings. The molecule has 5 nitrogen and oxygen atoms in total. The molecule has 0 radical (unpaired) electrons. The highest BCUT2D eigenvalue weighted by atomic mass is 32.2. The lowest BCUT2D eigenvalue weighted by Crippen LogP contribution is -2.34. The lowest BCUT2D eigenvalue weighted by molar-refractivity contribution is -0.119. The molecule has 2 rings (SSSR count). The fourth-order valence-electron chi connectivity index (χ4n) is 3.02. The molecule has 0 aromatic heterocycles. The number of sulfone groups is 1. The van der Waals surface area contributed by atoms with Crippen molar-refractivity contribution in [3.63, 3.8) is 0 Å². The number of rotatable bonds is 11. The number of para-hydroxylation sites is 1. The molecule has 1 amide bonds. The van der Waals surface area contributed by atoms with Crippen LogP contribution in [-0.2, 0) is 21.1 Å². The molecular weight excluding hydrogens is 400 g/mol. The van der Waals surface area contributed by atoms with Gasteiger partial charge in [-0.2, -0.15) is 8.78 Å². The quantitative estimate of drug-likeness (QED) is 0.593. The van der Waals surface area contributed by atoms with Crippen LogP contribution in [0, 0.1) is 0 Å². The van der Waals surface area contributed by atoms with Crippen molar-refractivity contribution in [1.29, 1.82) is 0 Å². The molecule has 8 heteroatoms. The summed E-state index contributed by atoms with van der Waals surface area (Å²) in [5.74, 6) is -1.45. The van der Waals surface area contributed by atoms with E-state index in [0.29, 0.717) is 24.8 Å². The van der Waals surface area contributed by atoms with Crippen molar-refractivity contribution in [3.8, 4) is 5.75 Å². The normalized spacial score (nSPS) is 12.6. The zero-order valence-electron chi connectivity index (χ0n) is 16.2. The SMILES string of the molecule is CCC(NC(=O)CS(=O)(=O)CCCc1ccccc1)c1ccccc1OC(F)F. The van der Waals surface area contributed by atoms with E-state index in [9.17, 15) is 22.0 Å². The monoisotopic (exact) mass is 425 g/mol. The Labute approximate surface area is 170 Å². The topological polar surface area (TPSA) is 72.5 Å². The highest BCUT2D eigenvalue weighted by Gasteiger charge is 2.22. The molecule has 0 fully saturated rings. The number of aryl methyl sites for hydroxylation is 1. The Morgan fingerprint density at radius 2 is 1.72 bits per heavy atom. The van der Waals surface area contributed by atoms with Crippen molar-refractivity contribution < 1.29 is 26.7 Å². The maximum atomic E-state index is 12.6. The predicted molar refractivity (Wildman–Crippen MR) is 108 cm³/mol. The highest BCUT2D eigenvalue weighted by Crippen LogP contribution is 2.28. The molecule has 158 valence electrons. The van der Waals surface area contributed by atoms with Gasteiger partial charge in [-0.25, -0.2) is 8.42 Å². The van der Waals surface area contributed by atoms with Gasteiger partial charge < -0.3 is 10.1 Å². The number of hydrogen-bond acceptors (Lipinski definition) is 4. The van der Waals surface area contributed by atoms with Gasteiger partial charge in [0.2, 0.25) is 5.91 Å². The lowest BCUT2D eigenvalue weighted by Gasteiger charge is -2.20. The van der Waals surface area contributed by atoms with Gasteiger partial charge in [-0.05, 0) is 30.9 Å². The summed E-state index contributed by atoms with van der Waals surface area (Å²) < 4.78 is 54.2. The van der Waals surface area contributed by atoms with Crippen LogP contribution in [0.3, 0.4) is 0 Å². The number of carbonyl (C=O) groups excluding carboxylic acids is 1.